The van der Waals surface area contributed by atoms with Crippen LogP contribution >= 0.6 is 11.3 Å². The van der Waals surface area contributed by atoms with Crippen LogP contribution in [0, 0.1) is 11.2 Å². The van der Waals surface area contributed by atoms with Gasteiger partial charge in [0.25, 0.3) is 0 Å². The van der Waals surface area contributed by atoms with E-state index < -0.39 is 17.1 Å². The van der Waals surface area contributed by atoms with E-state index in [1.54, 1.807) is 39.6 Å². The molecule has 34 heavy (non-hydrogen) atoms. The molecule has 0 radical (unpaired) electrons. The summed E-state index contributed by atoms with van der Waals surface area (Å²) in [5.74, 6) is -0.360. The fourth-order valence-corrected chi connectivity index (χ4v) is 5.34. The molecule has 3 heterocycles. The third-order valence-corrected chi connectivity index (χ3v) is 7.00. The SMILES string of the molecule is CC(C)(C)OC(=O)N1CCC2=Cc3c(cnn3-c3ccc(F)cc3)CC2(C(=O)c2cncs2)C1. The number of hydrogen-bond donors (Lipinski definition) is 0. The number of piperidine rings is 1. The van der Waals surface area contributed by atoms with Gasteiger partial charge in [-0.05, 0) is 69.5 Å². The number of nitrogens with zero attached hydrogens (tertiary/aromatic N) is 4. The van der Waals surface area contributed by atoms with Gasteiger partial charge in [0.1, 0.15) is 11.4 Å². The predicted molar refractivity (Wildman–Crippen MR) is 127 cm³/mol. The number of carbonyl (C=O) groups is 2. The molecule has 2 aliphatic rings. The Hall–Kier alpha value is -3.33. The van der Waals surface area contributed by atoms with E-state index in [0.29, 0.717) is 24.3 Å². The first-order chi connectivity index (χ1) is 16.2. The number of amides is 1. The molecule has 0 N–H and O–H groups in total. The molecule has 1 aliphatic carbocycles. The number of halogens is 1. The van der Waals surface area contributed by atoms with E-state index >= 15 is 0 Å². The lowest BCUT2D eigenvalue weighted by atomic mass is 9.65. The van der Waals surface area contributed by atoms with Gasteiger partial charge >= 0.3 is 6.09 Å². The van der Waals surface area contributed by atoms with Crippen LogP contribution < -0.4 is 0 Å². The Labute approximate surface area is 200 Å². The number of ether oxygens (including phenoxy) is 1. The van der Waals surface area contributed by atoms with Crippen molar-refractivity contribution in [3.8, 4) is 5.69 Å². The fourth-order valence-electron chi connectivity index (χ4n) is 4.68. The largest absolute Gasteiger partial charge is 0.444 e. The highest BCUT2D eigenvalue weighted by molar-refractivity contribution is 7.11. The van der Waals surface area contributed by atoms with Crippen molar-refractivity contribution in [3.63, 3.8) is 0 Å². The lowest BCUT2D eigenvalue weighted by molar-refractivity contribution is 0.0139. The standard InChI is InChI=1S/C25H25FN4O3S/c1-24(2,3)33-23(32)29-9-8-17-10-20-16(12-28-30(20)19-6-4-18(26)5-7-19)11-25(17,14-29)22(31)21-13-27-15-34-21/h4-7,10,12-13,15H,8-9,11,14H2,1-3H3. The Morgan fingerprint density at radius 2 is 1.94 bits per heavy atom. The van der Waals surface area contributed by atoms with Gasteiger partial charge in [0, 0.05) is 19.3 Å². The Bertz CT molecular complexity index is 1270. The topological polar surface area (TPSA) is 77.3 Å². The molecule has 1 atom stereocenters. The maximum atomic E-state index is 13.9. The van der Waals surface area contributed by atoms with Crippen LogP contribution in [-0.2, 0) is 11.2 Å². The van der Waals surface area contributed by atoms with Crippen LogP contribution in [0.1, 0.15) is 48.1 Å². The van der Waals surface area contributed by atoms with Crippen LogP contribution in [0.15, 0.2) is 47.7 Å². The van der Waals surface area contributed by atoms with E-state index in [1.807, 2.05) is 26.8 Å². The Morgan fingerprint density at radius 3 is 2.62 bits per heavy atom. The van der Waals surface area contributed by atoms with Gasteiger partial charge in [-0.2, -0.15) is 5.10 Å². The molecule has 5 rings (SSSR count). The molecule has 2 aromatic heterocycles. The molecule has 1 amide bonds. The second-order valence-electron chi connectivity index (χ2n) is 9.72. The van der Waals surface area contributed by atoms with Crippen molar-refractivity contribution in [2.24, 2.45) is 5.41 Å². The zero-order valence-electron chi connectivity index (χ0n) is 19.2. The van der Waals surface area contributed by atoms with E-state index in [2.05, 4.69) is 10.1 Å². The van der Waals surface area contributed by atoms with Crippen LogP contribution in [0.5, 0.6) is 0 Å². The van der Waals surface area contributed by atoms with Gasteiger partial charge in [-0.3, -0.25) is 9.78 Å². The maximum Gasteiger partial charge on any atom is 0.410 e. The fraction of sp³-hybridized carbons (Fsp3) is 0.360. The quantitative estimate of drug-likeness (QED) is 0.498. The number of benzene rings is 1. The predicted octanol–water partition coefficient (Wildman–Crippen LogP) is 4.92. The second-order valence-corrected chi connectivity index (χ2v) is 10.6. The third-order valence-electron chi connectivity index (χ3n) is 6.23. The highest BCUT2D eigenvalue weighted by Crippen LogP contribution is 2.47. The summed E-state index contributed by atoms with van der Waals surface area (Å²) in [6.07, 6.45) is 5.88. The first-order valence-electron chi connectivity index (χ1n) is 11.1. The summed E-state index contributed by atoms with van der Waals surface area (Å²) in [4.78, 5) is 33.1. The first kappa shape index (κ1) is 22.5. The highest BCUT2D eigenvalue weighted by Gasteiger charge is 2.50. The van der Waals surface area contributed by atoms with E-state index in [-0.39, 0.29) is 18.1 Å². The van der Waals surface area contributed by atoms with Crippen molar-refractivity contribution in [2.75, 3.05) is 13.1 Å². The molecule has 0 bridgehead atoms. The number of fused-ring (bicyclic) bond motifs is 2. The molecule has 1 fully saturated rings. The summed E-state index contributed by atoms with van der Waals surface area (Å²) >= 11 is 1.30. The van der Waals surface area contributed by atoms with Crippen LogP contribution in [-0.4, -0.2) is 50.2 Å². The number of aromatic nitrogens is 3. The monoisotopic (exact) mass is 480 g/mol. The third kappa shape index (κ3) is 3.94. The zero-order valence-corrected chi connectivity index (χ0v) is 20.1. The van der Waals surface area contributed by atoms with E-state index in [4.69, 9.17) is 4.74 Å². The van der Waals surface area contributed by atoms with Gasteiger partial charge < -0.3 is 9.64 Å². The Morgan fingerprint density at radius 1 is 1.18 bits per heavy atom. The molecule has 7 nitrogen and oxygen atoms in total. The van der Waals surface area contributed by atoms with Crippen LogP contribution in [0.4, 0.5) is 9.18 Å². The molecule has 0 saturated carbocycles. The number of carbonyl (C=O) groups excluding carboxylic acids is 2. The van der Waals surface area contributed by atoms with Crippen molar-refractivity contribution in [1.82, 2.24) is 19.7 Å². The first-order valence-corrected chi connectivity index (χ1v) is 12.0. The molecule has 3 aromatic rings. The summed E-state index contributed by atoms with van der Waals surface area (Å²) in [7, 11) is 0. The number of thiazole rings is 1. The summed E-state index contributed by atoms with van der Waals surface area (Å²) in [6, 6.07) is 6.15. The lowest BCUT2D eigenvalue weighted by Gasteiger charge is -2.45. The maximum absolute atomic E-state index is 13.9. The van der Waals surface area contributed by atoms with Gasteiger partial charge in [0.15, 0.2) is 5.78 Å². The molecule has 1 aromatic carbocycles. The number of rotatable bonds is 3. The van der Waals surface area contributed by atoms with Crippen LogP contribution in [0.25, 0.3) is 11.8 Å². The number of Topliss-reactive ketones (excluding diaryl/α,β-unsaturated/α-hetero) is 1. The minimum absolute atomic E-state index is 0.0466. The minimum atomic E-state index is -0.911. The molecular weight excluding hydrogens is 455 g/mol. The van der Waals surface area contributed by atoms with Gasteiger partial charge in [0.05, 0.1) is 33.4 Å². The minimum Gasteiger partial charge on any atom is -0.444 e. The molecule has 1 saturated heterocycles. The highest BCUT2D eigenvalue weighted by atomic mass is 32.1. The molecule has 9 heteroatoms. The molecular formula is C25H25FN4O3S. The zero-order chi connectivity index (χ0) is 24.1. The lowest BCUT2D eigenvalue weighted by Crippen LogP contribution is -2.53. The van der Waals surface area contributed by atoms with E-state index in [0.717, 1.165) is 22.5 Å². The molecule has 176 valence electrons. The smallest absolute Gasteiger partial charge is 0.410 e. The summed E-state index contributed by atoms with van der Waals surface area (Å²) in [5.41, 5.74) is 3.58. The van der Waals surface area contributed by atoms with Gasteiger partial charge in [-0.25, -0.2) is 13.9 Å². The average molecular weight is 481 g/mol. The summed E-state index contributed by atoms with van der Waals surface area (Å²) < 4.78 is 20.8. The van der Waals surface area contributed by atoms with Gasteiger partial charge in [-0.1, -0.05) is 5.57 Å². The van der Waals surface area contributed by atoms with Crippen LogP contribution in [0.3, 0.4) is 0 Å². The van der Waals surface area contributed by atoms with Crippen molar-refractivity contribution in [3.05, 3.63) is 69.7 Å². The van der Waals surface area contributed by atoms with E-state index in [1.165, 1.54) is 23.5 Å². The normalized spacial score (nSPS) is 19.8. The van der Waals surface area contributed by atoms with Crippen molar-refractivity contribution in [1.29, 1.82) is 0 Å². The Balaban J connectivity index is 1.55. The second kappa shape index (κ2) is 8.16. The van der Waals surface area contributed by atoms with Crippen LogP contribution in [0.2, 0.25) is 0 Å². The van der Waals surface area contributed by atoms with Gasteiger partial charge in [0.2, 0.25) is 0 Å². The van der Waals surface area contributed by atoms with E-state index in [9.17, 15) is 14.0 Å². The number of ketones is 1. The molecule has 0 spiro atoms. The Kier molecular flexibility index (Phi) is 5.39. The van der Waals surface area contributed by atoms with Crippen molar-refractivity contribution < 1.29 is 18.7 Å². The molecule has 1 unspecified atom stereocenters. The number of likely N-dealkylation sites (tertiary alicyclic amines) is 1. The van der Waals surface area contributed by atoms with Gasteiger partial charge in [-0.15, -0.1) is 11.3 Å². The summed E-state index contributed by atoms with van der Waals surface area (Å²) in [6.45, 7) is 6.17. The van der Waals surface area contributed by atoms with Crippen molar-refractivity contribution in [2.45, 2.75) is 39.2 Å². The number of hydrogen-bond acceptors (Lipinski definition) is 6. The average Bonchev–Trinajstić information content (AvgIpc) is 3.46. The molecule has 1 aliphatic heterocycles. The van der Waals surface area contributed by atoms with Crippen molar-refractivity contribution >= 4 is 29.3 Å². The summed E-state index contributed by atoms with van der Waals surface area (Å²) in [5, 5.41) is 4.53.